The van der Waals surface area contributed by atoms with Gasteiger partial charge in [-0.25, -0.2) is 4.98 Å². The number of thiophene rings is 1. The van der Waals surface area contributed by atoms with Gasteiger partial charge < -0.3 is 0 Å². The van der Waals surface area contributed by atoms with Gasteiger partial charge in [0.2, 0.25) is 0 Å². The van der Waals surface area contributed by atoms with Crippen LogP contribution in [-0.4, -0.2) is 11.2 Å². The molecule has 1 N–H and O–H groups in total. The summed E-state index contributed by atoms with van der Waals surface area (Å²) in [7, 11) is 0. The number of rotatable bonds is 3. The number of pyridine rings is 1. The first-order valence-corrected chi connectivity index (χ1v) is 6.69. The van der Waals surface area contributed by atoms with E-state index in [2.05, 4.69) is 15.5 Å². The van der Waals surface area contributed by atoms with Crippen molar-refractivity contribution < 1.29 is 13.2 Å². The minimum Gasteiger partial charge on any atom is -0.260 e. The van der Waals surface area contributed by atoms with Gasteiger partial charge in [-0.2, -0.15) is 18.3 Å². The van der Waals surface area contributed by atoms with E-state index in [0.717, 1.165) is 16.5 Å². The third kappa shape index (κ3) is 3.49. The standard InChI is InChI=1S/C12H9ClF3N3S/c1-7-2-3-20-10(7)6-18-19-11-9(13)4-8(5-17-11)12(14,15)16/h2-6H,1H3,(H,17,19). The molecule has 0 saturated carbocycles. The summed E-state index contributed by atoms with van der Waals surface area (Å²) < 4.78 is 37.3. The number of anilines is 1. The summed E-state index contributed by atoms with van der Waals surface area (Å²) in [6, 6.07) is 2.75. The van der Waals surface area contributed by atoms with E-state index in [0.29, 0.717) is 6.20 Å². The monoisotopic (exact) mass is 319 g/mol. The zero-order valence-corrected chi connectivity index (χ0v) is 11.8. The van der Waals surface area contributed by atoms with Crippen LogP contribution in [0.3, 0.4) is 0 Å². The maximum Gasteiger partial charge on any atom is 0.417 e. The van der Waals surface area contributed by atoms with Crippen LogP contribution >= 0.6 is 22.9 Å². The Bertz CT molecular complexity index is 637. The zero-order chi connectivity index (χ0) is 14.8. The molecule has 20 heavy (non-hydrogen) atoms. The van der Waals surface area contributed by atoms with Crippen LogP contribution < -0.4 is 5.43 Å². The molecule has 0 spiro atoms. The van der Waals surface area contributed by atoms with E-state index in [4.69, 9.17) is 11.6 Å². The van der Waals surface area contributed by atoms with Crippen LogP contribution in [0.15, 0.2) is 28.8 Å². The highest BCUT2D eigenvalue weighted by Gasteiger charge is 2.31. The molecule has 106 valence electrons. The highest BCUT2D eigenvalue weighted by atomic mass is 35.5. The normalized spacial score (nSPS) is 12.1. The zero-order valence-electron chi connectivity index (χ0n) is 10.2. The summed E-state index contributed by atoms with van der Waals surface area (Å²) in [6.45, 7) is 1.93. The lowest BCUT2D eigenvalue weighted by molar-refractivity contribution is -0.137. The number of hydrogen-bond acceptors (Lipinski definition) is 4. The number of nitrogens with one attached hydrogen (secondary N) is 1. The molecule has 0 unspecified atom stereocenters. The molecule has 0 aliphatic rings. The topological polar surface area (TPSA) is 37.3 Å². The second-order valence-corrected chi connectivity index (χ2v) is 5.24. The molecule has 0 aliphatic heterocycles. The Balaban J connectivity index is 2.11. The van der Waals surface area contributed by atoms with Crippen LogP contribution in [0.4, 0.5) is 19.0 Å². The first kappa shape index (κ1) is 14.8. The van der Waals surface area contributed by atoms with Gasteiger partial charge in [0, 0.05) is 11.1 Å². The van der Waals surface area contributed by atoms with E-state index in [1.165, 1.54) is 11.3 Å². The summed E-state index contributed by atoms with van der Waals surface area (Å²) in [6.07, 6.45) is -2.19. The van der Waals surface area contributed by atoms with Gasteiger partial charge in [0.05, 0.1) is 16.8 Å². The Kier molecular flexibility index (Phi) is 4.29. The highest BCUT2D eigenvalue weighted by molar-refractivity contribution is 7.11. The van der Waals surface area contributed by atoms with Crippen LogP contribution in [0, 0.1) is 6.92 Å². The third-order valence-electron chi connectivity index (χ3n) is 2.42. The highest BCUT2D eigenvalue weighted by Crippen LogP contribution is 2.32. The number of nitrogens with zero attached hydrogens (tertiary/aromatic N) is 2. The number of halogens is 4. The Hall–Kier alpha value is -1.60. The number of aryl methyl sites for hydroxylation is 1. The molecule has 2 aromatic rings. The molecular formula is C12H9ClF3N3S. The van der Waals surface area contributed by atoms with Crippen LogP contribution in [0.5, 0.6) is 0 Å². The Morgan fingerprint density at radius 1 is 1.45 bits per heavy atom. The lowest BCUT2D eigenvalue weighted by Crippen LogP contribution is -2.06. The van der Waals surface area contributed by atoms with Crippen LogP contribution in [0.1, 0.15) is 16.0 Å². The van der Waals surface area contributed by atoms with Gasteiger partial charge in [0.1, 0.15) is 0 Å². The predicted octanol–water partition coefficient (Wildman–Crippen LogP) is 4.57. The SMILES string of the molecule is Cc1ccsc1C=NNc1ncc(C(F)(F)F)cc1Cl. The second-order valence-electron chi connectivity index (χ2n) is 3.89. The Labute approximate surface area is 122 Å². The first-order chi connectivity index (χ1) is 9.38. The summed E-state index contributed by atoms with van der Waals surface area (Å²) in [5.41, 5.74) is 2.69. The second kappa shape index (κ2) is 5.80. The molecule has 0 saturated heterocycles. The van der Waals surface area contributed by atoms with E-state index in [-0.39, 0.29) is 10.8 Å². The Morgan fingerprint density at radius 2 is 2.20 bits per heavy atom. The van der Waals surface area contributed by atoms with Crippen molar-refractivity contribution in [2.24, 2.45) is 5.10 Å². The number of hydrogen-bond donors (Lipinski definition) is 1. The smallest absolute Gasteiger partial charge is 0.260 e. The molecule has 0 aliphatic carbocycles. The summed E-state index contributed by atoms with van der Waals surface area (Å²) in [5, 5.41) is 5.68. The van der Waals surface area contributed by atoms with Crippen molar-refractivity contribution in [3.63, 3.8) is 0 Å². The van der Waals surface area contributed by atoms with Crippen molar-refractivity contribution in [1.82, 2.24) is 4.98 Å². The van der Waals surface area contributed by atoms with Crippen molar-refractivity contribution in [3.05, 3.63) is 44.7 Å². The molecule has 2 rings (SSSR count). The van der Waals surface area contributed by atoms with Gasteiger partial charge in [-0.15, -0.1) is 11.3 Å². The van der Waals surface area contributed by atoms with E-state index in [1.54, 1.807) is 6.21 Å². The number of hydrazone groups is 1. The molecule has 0 fully saturated rings. The van der Waals surface area contributed by atoms with Gasteiger partial charge >= 0.3 is 6.18 Å². The van der Waals surface area contributed by atoms with Gasteiger partial charge in [-0.1, -0.05) is 11.6 Å². The van der Waals surface area contributed by atoms with Gasteiger partial charge in [0.15, 0.2) is 5.82 Å². The van der Waals surface area contributed by atoms with Gasteiger partial charge in [-0.05, 0) is 30.0 Å². The summed E-state index contributed by atoms with van der Waals surface area (Å²) in [5.74, 6) is 0.0742. The molecule has 0 atom stereocenters. The van der Waals surface area contributed by atoms with Gasteiger partial charge in [0.25, 0.3) is 0 Å². The van der Waals surface area contributed by atoms with Gasteiger partial charge in [-0.3, -0.25) is 5.43 Å². The van der Waals surface area contributed by atoms with E-state index in [1.807, 2.05) is 18.4 Å². The van der Waals surface area contributed by atoms with Crippen molar-refractivity contribution in [1.29, 1.82) is 0 Å². The Morgan fingerprint density at radius 3 is 2.75 bits per heavy atom. The van der Waals surface area contributed by atoms with Crippen molar-refractivity contribution >= 4 is 35.0 Å². The van der Waals surface area contributed by atoms with Crippen molar-refractivity contribution in [2.45, 2.75) is 13.1 Å². The van der Waals surface area contributed by atoms with Crippen LogP contribution in [0.2, 0.25) is 5.02 Å². The summed E-state index contributed by atoms with van der Waals surface area (Å²) >= 11 is 7.23. The van der Waals surface area contributed by atoms with Crippen LogP contribution in [0.25, 0.3) is 0 Å². The first-order valence-electron chi connectivity index (χ1n) is 5.44. The molecule has 0 bridgehead atoms. The maximum atomic E-state index is 12.4. The van der Waals surface area contributed by atoms with Crippen molar-refractivity contribution in [3.8, 4) is 0 Å². The van der Waals surface area contributed by atoms with E-state index >= 15 is 0 Å². The fourth-order valence-electron chi connectivity index (χ4n) is 1.34. The third-order valence-corrected chi connectivity index (χ3v) is 3.66. The van der Waals surface area contributed by atoms with E-state index < -0.39 is 11.7 Å². The van der Waals surface area contributed by atoms with E-state index in [9.17, 15) is 13.2 Å². The molecule has 8 heteroatoms. The molecule has 2 heterocycles. The average molecular weight is 320 g/mol. The quantitative estimate of drug-likeness (QED) is 0.664. The van der Waals surface area contributed by atoms with Crippen LogP contribution in [-0.2, 0) is 6.18 Å². The molecular weight excluding hydrogens is 311 g/mol. The molecule has 0 amide bonds. The lowest BCUT2D eigenvalue weighted by Gasteiger charge is -2.08. The number of alkyl halides is 3. The lowest BCUT2D eigenvalue weighted by atomic mass is 10.3. The fraction of sp³-hybridized carbons (Fsp3) is 0.167. The minimum atomic E-state index is -4.47. The van der Waals surface area contributed by atoms with Crippen molar-refractivity contribution in [2.75, 3.05) is 5.43 Å². The predicted molar refractivity (Wildman–Crippen MR) is 74.5 cm³/mol. The fourth-order valence-corrected chi connectivity index (χ4v) is 2.34. The molecule has 0 radical (unpaired) electrons. The minimum absolute atomic E-state index is 0.0742. The maximum absolute atomic E-state index is 12.4. The molecule has 2 aromatic heterocycles. The number of aromatic nitrogens is 1. The largest absolute Gasteiger partial charge is 0.417 e. The molecule has 0 aromatic carbocycles. The summed E-state index contributed by atoms with van der Waals surface area (Å²) in [4.78, 5) is 4.56. The molecule has 3 nitrogen and oxygen atoms in total. The average Bonchev–Trinajstić information content (AvgIpc) is 2.76.